The number of benzene rings is 8. The minimum Gasteiger partial charge on any atom is -0.710 e. The van der Waals surface area contributed by atoms with Crippen LogP contribution < -0.4 is 0 Å². The van der Waals surface area contributed by atoms with Crippen molar-refractivity contribution in [2.75, 3.05) is 13.2 Å². The molecule has 0 spiro atoms. The van der Waals surface area contributed by atoms with Crippen LogP contribution in [0, 0.1) is 42.5 Å². The van der Waals surface area contributed by atoms with E-state index in [1.165, 1.54) is 18.2 Å². The summed E-state index contributed by atoms with van der Waals surface area (Å²) in [5, 5.41) is 30.6. The highest BCUT2D eigenvalue weighted by molar-refractivity contribution is 6.32. The van der Waals surface area contributed by atoms with Gasteiger partial charge in [-0.2, -0.15) is 4.39 Å². The molecule has 504 valence electrons. The van der Waals surface area contributed by atoms with Crippen molar-refractivity contribution in [1.82, 2.24) is 9.13 Å². The Balaban J connectivity index is 1.10. The topological polar surface area (TPSA) is 55.7 Å². The smallest absolute Gasteiger partial charge is 0.271 e. The number of aromatic nitrogens is 2. The summed E-state index contributed by atoms with van der Waals surface area (Å²) in [7, 11) is 8.79. The summed E-state index contributed by atoms with van der Waals surface area (Å²) in [6, 6.07) is 39.0. The Morgan fingerprint density at radius 1 is 0.379 bits per heavy atom. The summed E-state index contributed by atoms with van der Waals surface area (Å²) in [5.74, 6) is -2.34. The first-order chi connectivity index (χ1) is 43.6. The zero-order valence-electron chi connectivity index (χ0n) is 60.6. The van der Waals surface area contributed by atoms with Crippen molar-refractivity contribution in [2.45, 2.75) is 204 Å². The van der Waals surface area contributed by atoms with Crippen molar-refractivity contribution in [3.8, 4) is 56.6 Å². The van der Waals surface area contributed by atoms with Gasteiger partial charge < -0.3 is 28.1 Å². The van der Waals surface area contributed by atoms with Gasteiger partial charge in [-0.15, -0.1) is 0 Å². The van der Waals surface area contributed by atoms with Gasteiger partial charge in [-0.1, -0.05) is 212 Å². The highest BCUT2D eigenvalue weighted by Gasteiger charge is 2.36. The molecular weight excluding hydrogens is 1210 g/mol. The highest BCUT2D eigenvalue weighted by atomic mass is 35.5. The Bertz CT molecular complexity index is 4200. The van der Waals surface area contributed by atoms with Crippen LogP contribution in [-0.4, -0.2) is 32.6 Å². The maximum atomic E-state index is 17.2. The van der Waals surface area contributed by atoms with Crippen LogP contribution in [0.5, 0.6) is 23.0 Å². The van der Waals surface area contributed by atoms with Crippen molar-refractivity contribution in [3.05, 3.63) is 191 Å². The number of rotatable bonds is 14. The Labute approximate surface area is 569 Å². The second-order valence-electron chi connectivity index (χ2n) is 34.9. The van der Waals surface area contributed by atoms with Crippen LogP contribution in [0.1, 0.15) is 205 Å². The molecule has 0 saturated heterocycles. The lowest BCUT2D eigenvalue weighted by molar-refractivity contribution is -0.0187. The van der Waals surface area contributed by atoms with Crippen molar-refractivity contribution >= 4 is 55.2 Å². The van der Waals surface area contributed by atoms with Gasteiger partial charge >= 0.3 is 0 Å². The van der Waals surface area contributed by atoms with E-state index in [0.29, 0.717) is 28.3 Å². The van der Waals surface area contributed by atoms with Crippen LogP contribution in [0.2, 0.25) is 5.02 Å². The van der Waals surface area contributed by atoms with Crippen LogP contribution in [0.3, 0.4) is 0 Å². The minimum absolute atomic E-state index is 0.0242. The SMILES string of the molecule is [CH2-][O+](CCC[O+]([CH2-])c1c(Cl)cc(F)cc1-c1cc(C(C)(C)CC(C)(C)C)cc(-n2c3cc(C(C)(C)C)ccc3c3ccc(C(C)(C)C)cc32)c1O)c1c(F)cc(F)cc1-c1cc(C(C)(C)CC(C)(C)C)cc(-n2c3cc(C(C)(C)C)ccc3c3ccc(C(C)(C)C)cc32)c1O. The molecule has 0 aliphatic rings. The van der Waals surface area contributed by atoms with E-state index in [1.54, 1.807) is 0 Å². The molecule has 0 aliphatic heterocycles. The predicted molar refractivity (Wildman–Crippen MR) is 396 cm³/mol. The molecule has 0 atom stereocenters. The number of aromatic hydroxyl groups is 2. The molecule has 0 amide bonds. The van der Waals surface area contributed by atoms with Gasteiger partial charge in [-0.05, 0) is 164 Å². The molecule has 8 aromatic carbocycles. The van der Waals surface area contributed by atoms with Gasteiger partial charge in [0.25, 0.3) is 11.5 Å². The normalized spacial score (nSPS) is 13.3. The van der Waals surface area contributed by atoms with Gasteiger partial charge in [0.2, 0.25) is 5.82 Å². The zero-order valence-corrected chi connectivity index (χ0v) is 61.4. The molecule has 0 bridgehead atoms. The fraction of sp³-hybridized carbons (Fsp3) is 0.412. The van der Waals surface area contributed by atoms with E-state index >= 15 is 13.2 Å². The molecular formula is C85H102ClF3N2O4. The average molecular weight is 1310 g/mol. The third-order valence-electron chi connectivity index (χ3n) is 19.1. The number of halogens is 4. The number of phenolic OH excluding ortho intramolecular Hbond substituents is 2. The van der Waals surface area contributed by atoms with E-state index in [9.17, 15) is 10.2 Å². The third kappa shape index (κ3) is 14.0. The molecule has 0 aliphatic carbocycles. The largest absolute Gasteiger partial charge is 0.710 e. The van der Waals surface area contributed by atoms with Crippen LogP contribution in [0.15, 0.2) is 121 Å². The quantitative estimate of drug-likeness (QED) is 0.0842. The molecule has 10 aromatic rings. The van der Waals surface area contributed by atoms with Crippen molar-refractivity contribution in [3.63, 3.8) is 0 Å². The molecule has 2 aromatic heterocycles. The summed E-state index contributed by atoms with van der Waals surface area (Å²) < 4.78 is 59.6. The lowest BCUT2D eigenvalue weighted by Gasteiger charge is -2.35. The fourth-order valence-corrected chi connectivity index (χ4v) is 15.1. The lowest BCUT2D eigenvalue weighted by Crippen LogP contribution is -2.25. The van der Waals surface area contributed by atoms with Gasteiger partial charge in [-0.25, -0.2) is 8.78 Å². The first-order valence-corrected chi connectivity index (χ1v) is 34.0. The molecule has 2 heterocycles. The van der Waals surface area contributed by atoms with E-state index in [4.69, 9.17) is 11.6 Å². The van der Waals surface area contributed by atoms with Crippen LogP contribution in [0.25, 0.3) is 77.2 Å². The Kier molecular flexibility index (Phi) is 18.0. The maximum absolute atomic E-state index is 17.2. The van der Waals surface area contributed by atoms with Gasteiger partial charge in [0.15, 0.2) is 13.2 Å². The average Bonchev–Trinajstić information content (AvgIpc) is 1.63. The van der Waals surface area contributed by atoms with E-state index < -0.39 is 28.3 Å². The predicted octanol–water partition coefficient (Wildman–Crippen LogP) is 25.5. The second-order valence-corrected chi connectivity index (χ2v) is 35.3. The van der Waals surface area contributed by atoms with Crippen molar-refractivity contribution in [2.24, 2.45) is 10.8 Å². The summed E-state index contributed by atoms with van der Waals surface area (Å²) in [5.41, 5.74) is 9.94. The highest BCUT2D eigenvalue weighted by Crippen LogP contribution is 2.53. The molecule has 6 nitrogen and oxygen atoms in total. The standard InChI is InChI=1S/C85H102ClF3N2O4/c1-78(2,3)48-84(19,20)54-36-62(74(92)72(42-54)90-68-38-50(80(7,8)9)26-30-58(68)59-31-27-51(39-69(59)90)81(10,11)12)64-44-56(87)46-66(86)76(64)94(23)34-25-35-95(24)77-65(45-57(88)47-67(77)89)63-37-55(85(21,22)49-79(4,5)6)43-73(75(63)93)91-70-40-52(82(13,14)15)28-32-60(70)61-33-29-53(41-71(61)91)83(16,17)18/h26-33,36-47,92-93H,23-25,34-35,48-49H2,1-22H3. The van der Waals surface area contributed by atoms with Gasteiger partial charge in [0, 0.05) is 44.8 Å². The number of hydrogen-bond acceptors (Lipinski definition) is 2. The van der Waals surface area contributed by atoms with Crippen LogP contribution >= 0.6 is 11.6 Å². The Hall–Kier alpha value is -7.36. The summed E-state index contributed by atoms with van der Waals surface area (Å²) in [6.45, 7) is 48.4. The lowest BCUT2D eigenvalue weighted by atomic mass is 9.71. The molecule has 0 saturated carbocycles. The molecule has 2 N–H and O–H groups in total. The van der Waals surface area contributed by atoms with Crippen LogP contribution in [-0.2, 0) is 41.2 Å². The number of hydrogen-bond donors (Lipinski definition) is 2. The molecule has 10 heteroatoms. The Morgan fingerprint density at radius 2 is 0.684 bits per heavy atom. The summed E-state index contributed by atoms with van der Waals surface area (Å²) in [4.78, 5) is 0. The molecule has 95 heavy (non-hydrogen) atoms. The monoisotopic (exact) mass is 1310 g/mol. The second kappa shape index (κ2) is 24.3. The maximum Gasteiger partial charge on any atom is 0.271 e. The van der Waals surface area contributed by atoms with E-state index in [1.807, 2.05) is 12.1 Å². The third-order valence-corrected chi connectivity index (χ3v) is 19.4. The first-order valence-electron chi connectivity index (χ1n) is 33.6. The molecule has 0 fully saturated rings. The summed E-state index contributed by atoms with van der Waals surface area (Å²) in [6.07, 6.45) is 1.76. The molecule has 0 unspecified atom stereocenters. The molecule has 10 rings (SSSR count). The zero-order chi connectivity index (χ0) is 70.2. The number of nitrogens with zero attached hydrogens (tertiary/aromatic N) is 2. The minimum atomic E-state index is -0.891. The van der Waals surface area contributed by atoms with Gasteiger partial charge in [0.05, 0.1) is 44.6 Å². The number of fused-ring (bicyclic) bond motifs is 6. The molecule has 0 radical (unpaired) electrons. The van der Waals surface area contributed by atoms with Crippen molar-refractivity contribution in [1.29, 1.82) is 0 Å². The van der Waals surface area contributed by atoms with Crippen molar-refractivity contribution < 1.29 is 32.1 Å². The van der Waals surface area contributed by atoms with Gasteiger partial charge in [-0.3, -0.25) is 0 Å². The Morgan fingerprint density at radius 3 is 1.00 bits per heavy atom. The van der Waals surface area contributed by atoms with E-state index in [-0.39, 0.29) is 85.5 Å². The van der Waals surface area contributed by atoms with E-state index in [2.05, 4.69) is 269 Å². The fourth-order valence-electron chi connectivity index (χ4n) is 14.8. The number of phenols is 2. The summed E-state index contributed by atoms with van der Waals surface area (Å²) >= 11 is 7.22. The first kappa shape index (κ1) is 70.4. The van der Waals surface area contributed by atoms with E-state index in [0.717, 1.165) is 95.9 Å². The van der Waals surface area contributed by atoms with Gasteiger partial charge in [0.1, 0.15) is 34.6 Å². The van der Waals surface area contributed by atoms with Crippen LogP contribution in [0.4, 0.5) is 13.2 Å².